The molecule has 1 atom stereocenters. The highest BCUT2D eigenvalue weighted by Crippen LogP contribution is 2.33. The van der Waals surface area contributed by atoms with Crippen molar-refractivity contribution >= 4 is 28.6 Å². The van der Waals surface area contributed by atoms with Crippen molar-refractivity contribution in [3.8, 4) is 0 Å². The van der Waals surface area contributed by atoms with Gasteiger partial charge in [0, 0.05) is 22.2 Å². The molecule has 4 N–H and O–H groups in total. The average Bonchev–Trinajstić information content (AvgIpc) is 2.96. The van der Waals surface area contributed by atoms with Gasteiger partial charge in [-0.1, -0.05) is 13.8 Å². The minimum Gasteiger partial charge on any atom is -0.459 e. The number of hydrogen-bond donors (Lipinski definition) is 3. The van der Waals surface area contributed by atoms with Crippen molar-refractivity contribution < 1.29 is 18.4 Å². The number of urea groups is 1. The van der Waals surface area contributed by atoms with E-state index in [9.17, 15) is 14.0 Å². The van der Waals surface area contributed by atoms with Gasteiger partial charge in [-0.15, -0.1) is 0 Å². The maximum Gasteiger partial charge on any atom is 0.319 e. The number of carbonyl (C=O) groups excluding carboxylic acids is 2. The van der Waals surface area contributed by atoms with E-state index in [1.807, 2.05) is 20.8 Å². The standard InChI is InChI=1S/C21H22FN3O3/c1-11(2)18(19-12(3)16-10-14(22)6-9-17(16)28-19)25-21(27)24-15-7-4-13(5-8-15)20(23)26/h4-11,18H,1-3H3,(H2,23,26)(H2,24,25,27)/t18-/m1/s1. The molecule has 0 fully saturated rings. The molecule has 1 heterocycles. The lowest BCUT2D eigenvalue weighted by molar-refractivity contribution is 0.100. The number of fused-ring (bicyclic) bond motifs is 1. The van der Waals surface area contributed by atoms with Crippen LogP contribution >= 0.6 is 0 Å². The van der Waals surface area contributed by atoms with E-state index in [1.165, 1.54) is 24.3 Å². The molecule has 0 aliphatic carbocycles. The van der Waals surface area contributed by atoms with Crippen molar-refractivity contribution in [1.29, 1.82) is 0 Å². The molecule has 3 rings (SSSR count). The quantitative estimate of drug-likeness (QED) is 0.605. The second kappa shape index (κ2) is 7.72. The van der Waals surface area contributed by atoms with Crippen LogP contribution in [0, 0.1) is 18.7 Å². The van der Waals surface area contributed by atoms with E-state index in [0.717, 1.165) is 5.56 Å². The Morgan fingerprint density at radius 1 is 1.11 bits per heavy atom. The number of hydrogen-bond acceptors (Lipinski definition) is 3. The van der Waals surface area contributed by atoms with Crippen LogP contribution in [-0.2, 0) is 0 Å². The number of furan rings is 1. The lowest BCUT2D eigenvalue weighted by Gasteiger charge is -2.21. The highest BCUT2D eigenvalue weighted by Gasteiger charge is 2.25. The van der Waals surface area contributed by atoms with E-state index in [1.54, 1.807) is 18.2 Å². The Morgan fingerprint density at radius 3 is 2.39 bits per heavy atom. The largest absolute Gasteiger partial charge is 0.459 e. The smallest absolute Gasteiger partial charge is 0.319 e. The van der Waals surface area contributed by atoms with Crippen LogP contribution in [0.4, 0.5) is 14.9 Å². The molecule has 1 aromatic heterocycles. The van der Waals surface area contributed by atoms with Crippen molar-refractivity contribution in [2.75, 3.05) is 5.32 Å². The zero-order valence-electron chi connectivity index (χ0n) is 15.9. The third-order valence-corrected chi connectivity index (χ3v) is 4.60. The third kappa shape index (κ3) is 3.98. The molecule has 0 saturated carbocycles. The summed E-state index contributed by atoms with van der Waals surface area (Å²) in [5.74, 6) is -0.247. The van der Waals surface area contributed by atoms with Crippen LogP contribution in [-0.4, -0.2) is 11.9 Å². The van der Waals surface area contributed by atoms with Gasteiger partial charge in [0.15, 0.2) is 0 Å². The first kappa shape index (κ1) is 19.4. The summed E-state index contributed by atoms with van der Waals surface area (Å²) in [5.41, 5.74) is 7.45. The highest BCUT2D eigenvalue weighted by molar-refractivity contribution is 5.94. The minimum absolute atomic E-state index is 0.0343. The Morgan fingerprint density at radius 2 is 1.79 bits per heavy atom. The van der Waals surface area contributed by atoms with E-state index < -0.39 is 18.0 Å². The molecule has 7 heteroatoms. The van der Waals surface area contributed by atoms with Crippen LogP contribution < -0.4 is 16.4 Å². The SMILES string of the molecule is Cc1c([C@H](NC(=O)Nc2ccc(C(N)=O)cc2)C(C)C)oc2ccc(F)cc12. The van der Waals surface area contributed by atoms with E-state index >= 15 is 0 Å². The molecule has 6 nitrogen and oxygen atoms in total. The highest BCUT2D eigenvalue weighted by atomic mass is 19.1. The van der Waals surface area contributed by atoms with Gasteiger partial charge >= 0.3 is 6.03 Å². The second-order valence-electron chi connectivity index (χ2n) is 6.99. The first-order valence-corrected chi connectivity index (χ1v) is 8.92. The van der Waals surface area contributed by atoms with Crippen LogP contribution in [0.15, 0.2) is 46.9 Å². The van der Waals surface area contributed by atoms with E-state index in [-0.39, 0.29) is 11.7 Å². The van der Waals surface area contributed by atoms with Gasteiger partial charge in [0.2, 0.25) is 5.91 Å². The Hall–Kier alpha value is -3.35. The Balaban J connectivity index is 1.80. The molecule has 2 aromatic carbocycles. The summed E-state index contributed by atoms with van der Waals surface area (Å²) in [6.07, 6.45) is 0. The van der Waals surface area contributed by atoms with Crippen molar-refractivity contribution in [1.82, 2.24) is 5.32 Å². The van der Waals surface area contributed by atoms with Crippen molar-refractivity contribution in [3.63, 3.8) is 0 Å². The fourth-order valence-corrected chi connectivity index (χ4v) is 3.07. The predicted molar refractivity (Wildman–Crippen MR) is 106 cm³/mol. The van der Waals surface area contributed by atoms with Gasteiger partial charge in [0.1, 0.15) is 17.2 Å². The molecule has 0 aliphatic heterocycles. The van der Waals surface area contributed by atoms with Crippen molar-refractivity contribution in [3.05, 3.63) is 65.2 Å². The summed E-state index contributed by atoms with van der Waals surface area (Å²) in [7, 11) is 0. The Labute approximate surface area is 161 Å². The van der Waals surface area contributed by atoms with E-state index in [4.69, 9.17) is 10.2 Å². The molecule has 0 unspecified atom stereocenters. The van der Waals surface area contributed by atoms with Gasteiger partial charge in [-0.25, -0.2) is 9.18 Å². The number of nitrogens with two attached hydrogens (primary N) is 1. The number of primary amides is 1. The number of carbonyl (C=O) groups is 2. The van der Waals surface area contributed by atoms with Crippen molar-refractivity contribution in [2.45, 2.75) is 26.8 Å². The zero-order valence-corrected chi connectivity index (χ0v) is 15.9. The first-order valence-electron chi connectivity index (χ1n) is 8.92. The molecule has 3 aromatic rings. The topological polar surface area (TPSA) is 97.4 Å². The van der Waals surface area contributed by atoms with Gasteiger partial charge < -0.3 is 20.8 Å². The molecule has 3 amide bonds. The summed E-state index contributed by atoms with van der Waals surface area (Å²) in [6.45, 7) is 5.76. The lowest BCUT2D eigenvalue weighted by Crippen LogP contribution is -2.35. The summed E-state index contributed by atoms with van der Waals surface area (Å²) >= 11 is 0. The number of aryl methyl sites for hydroxylation is 1. The second-order valence-corrected chi connectivity index (χ2v) is 6.99. The van der Waals surface area contributed by atoms with E-state index in [0.29, 0.717) is 28.0 Å². The maximum absolute atomic E-state index is 13.6. The summed E-state index contributed by atoms with van der Waals surface area (Å²) in [5, 5.41) is 6.31. The van der Waals surface area contributed by atoms with Gasteiger partial charge in [-0.3, -0.25) is 4.79 Å². The van der Waals surface area contributed by atoms with Crippen LogP contribution in [0.2, 0.25) is 0 Å². The molecule has 0 saturated heterocycles. The number of nitrogens with one attached hydrogen (secondary N) is 2. The first-order chi connectivity index (χ1) is 13.3. The predicted octanol–water partition coefficient (Wildman–Crippen LogP) is 4.50. The van der Waals surface area contributed by atoms with Gasteiger partial charge in [-0.05, 0) is 55.3 Å². The van der Waals surface area contributed by atoms with Crippen molar-refractivity contribution in [2.24, 2.45) is 11.7 Å². The zero-order chi connectivity index (χ0) is 20.4. The van der Waals surface area contributed by atoms with Gasteiger partial charge in [0.25, 0.3) is 0 Å². The maximum atomic E-state index is 13.6. The fourth-order valence-electron chi connectivity index (χ4n) is 3.07. The minimum atomic E-state index is -0.535. The number of halogens is 1. The molecule has 0 bridgehead atoms. The number of amides is 3. The monoisotopic (exact) mass is 383 g/mol. The number of benzene rings is 2. The van der Waals surface area contributed by atoms with Gasteiger partial charge in [-0.2, -0.15) is 0 Å². The summed E-state index contributed by atoms with van der Waals surface area (Å²) in [4.78, 5) is 23.6. The van der Waals surface area contributed by atoms with Crippen LogP contribution in [0.5, 0.6) is 0 Å². The molecule has 0 spiro atoms. The summed E-state index contributed by atoms with van der Waals surface area (Å²) in [6, 6.07) is 9.80. The lowest BCUT2D eigenvalue weighted by atomic mass is 9.98. The molecule has 28 heavy (non-hydrogen) atoms. The van der Waals surface area contributed by atoms with Crippen LogP contribution in [0.1, 0.15) is 41.6 Å². The average molecular weight is 383 g/mol. The fraction of sp³-hybridized carbons (Fsp3) is 0.238. The normalized spacial score (nSPS) is 12.2. The number of rotatable bonds is 5. The summed E-state index contributed by atoms with van der Waals surface area (Å²) < 4.78 is 19.5. The molecule has 0 aliphatic rings. The molecule has 0 radical (unpaired) electrons. The van der Waals surface area contributed by atoms with Crippen LogP contribution in [0.25, 0.3) is 11.0 Å². The molecular weight excluding hydrogens is 361 g/mol. The molecule has 146 valence electrons. The van der Waals surface area contributed by atoms with Gasteiger partial charge in [0.05, 0.1) is 6.04 Å². The number of anilines is 1. The van der Waals surface area contributed by atoms with Crippen LogP contribution in [0.3, 0.4) is 0 Å². The Bertz CT molecular complexity index is 1030. The van der Waals surface area contributed by atoms with E-state index in [2.05, 4.69) is 10.6 Å². The Kier molecular flexibility index (Phi) is 5.35. The molecular formula is C21H22FN3O3. The third-order valence-electron chi connectivity index (χ3n) is 4.60.